The van der Waals surface area contributed by atoms with Gasteiger partial charge in [-0.15, -0.1) is 11.3 Å². The van der Waals surface area contributed by atoms with Gasteiger partial charge in [-0.1, -0.05) is 20.8 Å². The maximum absolute atomic E-state index is 11.5. The number of nitrogens with two attached hydrogens (primary N) is 1. The number of thiophene rings is 1. The van der Waals surface area contributed by atoms with E-state index in [1.54, 1.807) is 0 Å². The van der Waals surface area contributed by atoms with Crippen molar-refractivity contribution in [2.45, 2.75) is 26.2 Å². The Morgan fingerprint density at radius 2 is 1.94 bits per heavy atom. The van der Waals surface area contributed by atoms with Gasteiger partial charge in [0.15, 0.2) is 0 Å². The Kier molecular flexibility index (Phi) is 3.77. The fourth-order valence-corrected chi connectivity index (χ4v) is 2.60. The Hall–Kier alpha value is -1.56. The average Bonchev–Trinajstić information content (AvgIpc) is 2.60. The first-order valence-electron chi connectivity index (χ1n) is 5.18. The summed E-state index contributed by atoms with van der Waals surface area (Å²) in [6.07, 6.45) is 0. The minimum absolute atomic E-state index is 0.191. The number of urea groups is 1. The molecule has 0 fully saturated rings. The maximum Gasteiger partial charge on any atom is 0.319 e. The van der Waals surface area contributed by atoms with Gasteiger partial charge in [-0.05, 0) is 16.4 Å². The molecule has 0 aliphatic carbocycles. The van der Waals surface area contributed by atoms with Crippen LogP contribution in [0.25, 0.3) is 0 Å². The summed E-state index contributed by atoms with van der Waals surface area (Å²) < 4.78 is 0. The van der Waals surface area contributed by atoms with Crippen molar-refractivity contribution < 1.29 is 9.59 Å². The monoisotopic (exact) mass is 255 g/mol. The van der Waals surface area contributed by atoms with Gasteiger partial charge in [-0.25, -0.2) is 4.79 Å². The normalized spacial score (nSPS) is 11.1. The van der Waals surface area contributed by atoms with Gasteiger partial charge in [0.2, 0.25) is 0 Å². The standard InChI is InChI=1S/C11H17N3O2S/c1-11(2,3)6-5-17-9(7(6)8(12)15)14-10(16)13-4/h5H,1-4H3,(H2,12,15)(H2,13,14,16). The SMILES string of the molecule is CNC(=O)Nc1scc(C(C)(C)C)c1C(N)=O. The number of hydrogen-bond acceptors (Lipinski definition) is 3. The molecule has 4 N–H and O–H groups in total. The highest BCUT2D eigenvalue weighted by molar-refractivity contribution is 7.15. The molecule has 1 rings (SSSR count). The third-order valence-electron chi connectivity index (χ3n) is 2.30. The van der Waals surface area contributed by atoms with Crippen LogP contribution in [0, 0.1) is 0 Å². The molecule has 1 aromatic heterocycles. The first-order chi connectivity index (χ1) is 7.77. The molecular weight excluding hydrogens is 238 g/mol. The van der Waals surface area contributed by atoms with Crippen molar-refractivity contribution in [1.82, 2.24) is 5.32 Å². The van der Waals surface area contributed by atoms with E-state index < -0.39 is 5.91 Å². The summed E-state index contributed by atoms with van der Waals surface area (Å²) in [5.74, 6) is -0.525. The summed E-state index contributed by atoms with van der Waals surface area (Å²) >= 11 is 1.30. The predicted octanol–water partition coefficient (Wildman–Crippen LogP) is 1.90. The number of nitrogens with one attached hydrogen (secondary N) is 2. The van der Waals surface area contributed by atoms with Gasteiger partial charge in [0.05, 0.1) is 5.56 Å². The summed E-state index contributed by atoms with van der Waals surface area (Å²) in [5.41, 5.74) is 6.42. The summed E-state index contributed by atoms with van der Waals surface area (Å²) in [5, 5.41) is 7.37. The lowest BCUT2D eigenvalue weighted by Crippen LogP contribution is -2.26. The molecule has 0 bridgehead atoms. The largest absolute Gasteiger partial charge is 0.365 e. The second-order valence-electron chi connectivity index (χ2n) is 4.67. The van der Waals surface area contributed by atoms with Gasteiger partial charge in [-0.3, -0.25) is 10.1 Å². The van der Waals surface area contributed by atoms with Crippen LogP contribution in [0.5, 0.6) is 0 Å². The number of primary amides is 1. The van der Waals surface area contributed by atoms with E-state index in [2.05, 4.69) is 10.6 Å². The highest BCUT2D eigenvalue weighted by Crippen LogP contribution is 2.35. The Morgan fingerprint density at radius 1 is 1.35 bits per heavy atom. The van der Waals surface area contributed by atoms with Crippen LogP contribution in [0.2, 0.25) is 0 Å². The molecule has 0 unspecified atom stereocenters. The van der Waals surface area contributed by atoms with Crippen molar-refractivity contribution in [2.75, 3.05) is 12.4 Å². The molecule has 17 heavy (non-hydrogen) atoms. The Balaban J connectivity index is 3.21. The number of hydrogen-bond donors (Lipinski definition) is 3. The second kappa shape index (κ2) is 4.75. The minimum Gasteiger partial charge on any atom is -0.365 e. The average molecular weight is 255 g/mol. The molecule has 3 amide bonds. The molecule has 1 heterocycles. The molecule has 0 saturated heterocycles. The summed E-state index contributed by atoms with van der Waals surface area (Å²) in [6.45, 7) is 5.97. The number of carbonyl (C=O) groups is 2. The van der Waals surface area contributed by atoms with Gasteiger partial charge in [0.25, 0.3) is 5.91 Å². The van der Waals surface area contributed by atoms with Crippen LogP contribution in [-0.4, -0.2) is 19.0 Å². The molecule has 0 aliphatic heterocycles. The van der Waals surface area contributed by atoms with Gasteiger partial charge in [0, 0.05) is 7.05 Å². The molecule has 6 heteroatoms. The highest BCUT2D eigenvalue weighted by Gasteiger charge is 2.25. The van der Waals surface area contributed by atoms with Crippen molar-refractivity contribution in [1.29, 1.82) is 0 Å². The Morgan fingerprint density at radius 3 is 2.35 bits per heavy atom. The van der Waals surface area contributed by atoms with E-state index in [1.165, 1.54) is 18.4 Å². The third-order valence-corrected chi connectivity index (χ3v) is 3.20. The fraction of sp³-hybridized carbons (Fsp3) is 0.455. The lowest BCUT2D eigenvalue weighted by atomic mass is 9.86. The number of anilines is 1. The zero-order valence-electron chi connectivity index (χ0n) is 10.4. The van der Waals surface area contributed by atoms with E-state index in [0.29, 0.717) is 10.6 Å². The van der Waals surface area contributed by atoms with E-state index in [4.69, 9.17) is 5.73 Å². The van der Waals surface area contributed by atoms with Gasteiger partial charge in [0.1, 0.15) is 5.00 Å². The predicted molar refractivity (Wildman–Crippen MR) is 69.6 cm³/mol. The number of amides is 3. The van der Waals surface area contributed by atoms with Crippen molar-refractivity contribution in [3.05, 3.63) is 16.5 Å². The van der Waals surface area contributed by atoms with Gasteiger partial charge in [-0.2, -0.15) is 0 Å². The van der Waals surface area contributed by atoms with E-state index in [-0.39, 0.29) is 11.4 Å². The first kappa shape index (κ1) is 13.5. The van der Waals surface area contributed by atoms with E-state index in [0.717, 1.165) is 5.56 Å². The lowest BCUT2D eigenvalue weighted by Gasteiger charge is -2.18. The van der Waals surface area contributed by atoms with Gasteiger partial charge < -0.3 is 11.1 Å². The Bertz CT molecular complexity index is 446. The molecular formula is C11H17N3O2S. The smallest absolute Gasteiger partial charge is 0.319 e. The molecule has 0 aromatic carbocycles. The van der Waals surface area contributed by atoms with Crippen LogP contribution in [0.4, 0.5) is 9.80 Å². The van der Waals surface area contributed by atoms with Crippen LogP contribution in [0.3, 0.4) is 0 Å². The molecule has 0 radical (unpaired) electrons. The number of carbonyl (C=O) groups excluding carboxylic acids is 2. The topological polar surface area (TPSA) is 84.2 Å². The molecule has 1 aromatic rings. The quantitative estimate of drug-likeness (QED) is 0.754. The van der Waals surface area contributed by atoms with E-state index in [1.807, 2.05) is 26.2 Å². The van der Waals surface area contributed by atoms with Crippen LogP contribution in [-0.2, 0) is 5.41 Å². The zero-order chi connectivity index (χ0) is 13.2. The molecule has 0 atom stereocenters. The molecule has 0 aliphatic rings. The summed E-state index contributed by atoms with van der Waals surface area (Å²) in [7, 11) is 1.51. The van der Waals surface area contributed by atoms with Gasteiger partial charge >= 0.3 is 6.03 Å². The van der Waals surface area contributed by atoms with Crippen LogP contribution >= 0.6 is 11.3 Å². The van der Waals surface area contributed by atoms with E-state index in [9.17, 15) is 9.59 Å². The lowest BCUT2D eigenvalue weighted by molar-refractivity contribution is 0.0999. The fourth-order valence-electron chi connectivity index (χ4n) is 1.41. The van der Waals surface area contributed by atoms with Crippen LogP contribution in [0.1, 0.15) is 36.7 Å². The van der Waals surface area contributed by atoms with Crippen molar-refractivity contribution >= 4 is 28.3 Å². The third kappa shape index (κ3) is 2.97. The molecule has 94 valence electrons. The molecule has 0 spiro atoms. The summed E-state index contributed by atoms with van der Waals surface area (Å²) in [4.78, 5) is 22.7. The maximum atomic E-state index is 11.5. The van der Waals surface area contributed by atoms with E-state index >= 15 is 0 Å². The molecule has 0 saturated carbocycles. The first-order valence-corrected chi connectivity index (χ1v) is 6.06. The highest BCUT2D eigenvalue weighted by atomic mass is 32.1. The van der Waals surface area contributed by atoms with Crippen molar-refractivity contribution in [3.8, 4) is 0 Å². The van der Waals surface area contributed by atoms with Crippen LogP contribution in [0.15, 0.2) is 5.38 Å². The minimum atomic E-state index is -0.525. The van der Waals surface area contributed by atoms with Crippen LogP contribution < -0.4 is 16.4 Å². The number of rotatable bonds is 2. The molecule has 5 nitrogen and oxygen atoms in total. The zero-order valence-corrected chi connectivity index (χ0v) is 11.2. The van der Waals surface area contributed by atoms with Crippen molar-refractivity contribution in [2.24, 2.45) is 5.73 Å². The second-order valence-corrected chi connectivity index (χ2v) is 5.55. The van der Waals surface area contributed by atoms with Crippen molar-refractivity contribution in [3.63, 3.8) is 0 Å². The Labute approximate surface area is 104 Å². The summed E-state index contributed by atoms with van der Waals surface area (Å²) in [6, 6.07) is -0.366.